The first kappa shape index (κ1) is 17.9. The topological polar surface area (TPSA) is 106 Å². The van der Waals surface area contributed by atoms with Crippen molar-refractivity contribution in [3.05, 3.63) is 47.4 Å². The van der Waals surface area contributed by atoms with Crippen molar-refractivity contribution in [3.63, 3.8) is 0 Å². The fraction of sp³-hybridized carbons (Fsp3) is 0.381. The Bertz CT molecular complexity index is 1080. The second-order valence-electron chi connectivity index (χ2n) is 8.29. The zero-order valence-corrected chi connectivity index (χ0v) is 16.3. The number of piperidine rings is 1. The number of carbonyl (C=O) groups excluding carboxylic acids is 2. The number of benzene rings is 1. The van der Waals surface area contributed by atoms with Crippen molar-refractivity contribution in [2.45, 2.75) is 19.8 Å². The molecule has 29 heavy (non-hydrogen) atoms. The molecule has 2 saturated heterocycles. The van der Waals surface area contributed by atoms with E-state index in [1.54, 1.807) is 18.5 Å². The van der Waals surface area contributed by atoms with Crippen molar-refractivity contribution < 1.29 is 9.59 Å². The maximum absolute atomic E-state index is 12.8. The lowest BCUT2D eigenvalue weighted by atomic mass is 9.84. The lowest BCUT2D eigenvalue weighted by molar-refractivity contribution is 0.0929. The fourth-order valence-corrected chi connectivity index (χ4v) is 4.62. The first-order chi connectivity index (χ1) is 14.0. The minimum Gasteiger partial charge on any atom is -0.350 e. The van der Waals surface area contributed by atoms with E-state index in [-0.39, 0.29) is 17.2 Å². The third-order valence-electron chi connectivity index (χ3n) is 6.40. The van der Waals surface area contributed by atoms with E-state index >= 15 is 0 Å². The van der Waals surface area contributed by atoms with Crippen LogP contribution in [0.5, 0.6) is 0 Å². The van der Waals surface area contributed by atoms with E-state index < -0.39 is 0 Å². The third-order valence-corrected chi connectivity index (χ3v) is 6.40. The van der Waals surface area contributed by atoms with Crippen LogP contribution in [-0.2, 0) is 0 Å². The number of carbonyl (C=O) groups is 2. The van der Waals surface area contributed by atoms with Gasteiger partial charge in [0.15, 0.2) is 0 Å². The number of aryl methyl sites for hydroxylation is 1. The van der Waals surface area contributed by atoms with Gasteiger partial charge in [-0.2, -0.15) is 5.10 Å². The van der Waals surface area contributed by atoms with E-state index in [0.29, 0.717) is 16.9 Å². The SMILES string of the molecule is Cc1c(C(=O)NCC23CCN(CC2)C3)[nH]c2ccc(C(=O)Nc3cn[nH]c3)cc12. The van der Waals surface area contributed by atoms with Gasteiger partial charge in [-0.15, -0.1) is 0 Å². The molecule has 8 nitrogen and oxygen atoms in total. The Morgan fingerprint density at radius 3 is 2.76 bits per heavy atom. The van der Waals surface area contributed by atoms with Crippen LogP contribution in [0, 0.1) is 12.3 Å². The van der Waals surface area contributed by atoms with Gasteiger partial charge in [0.25, 0.3) is 11.8 Å². The van der Waals surface area contributed by atoms with Crippen molar-refractivity contribution in [1.29, 1.82) is 0 Å². The minimum absolute atomic E-state index is 0.0807. The summed E-state index contributed by atoms with van der Waals surface area (Å²) in [6.45, 7) is 6.01. The molecule has 0 saturated carbocycles. The highest BCUT2D eigenvalue weighted by Crippen LogP contribution is 2.39. The quantitative estimate of drug-likeness (QED) is 0.534. The van der Waals surface area contributed by atoms with Gasteiger partial charge in [-0.05, 0) is 56.6 Å². The summed E-state index contributed by atoms with van der Waals surface area (Å²) in [7, 11) is 0. The molecule has 0 spiro atoms. The maximum Gasteiger partial charge on any atom is 0.268 e. The van der Waals surface area contributed by atoms with Crippen LogP contribution in [0.3, 0.4) is 0 Å². The number of amides is 2. The smallest absolute Gasteiger partial charge is 0.268 e. The van der Waals surface area contributed by atoms with Crippen molar-refractivity contribution in [2.75, 3.05) is 31.5 Å². The first-order valence-electron chi connectivity index (χ1n) is 9.96. The van der Waals surface area contributed by atoms with E-state index in [9.17, 15) is 9.59 Å². The summed E-state index contributed by atoms with van der Waals surface area (Å²) in [5.74, 6) is -0.297. The first-order valence-corrected chi connectivity index (χ1v) is 9.96. The average molecular weight is 392 g/mol. The highest BCUT2D eigenvalue weighted by molar-refractivity contribution is 6.08. The number of aromatic amines is 2. The lowest BCUT2D eigenvalue weighted by Gasteiger charge is -2.25. The summed E-state index contributed by atoms with van der Waals surface area (Å²) >= 11 is 0. The van der Waals surface area contributed by atoms with Gasteiger partial charge in [0.2, 0.25) is 0 Å². The van der Waals surface area contributed by atoms with E-state index in [2.05, 4.69) is 30.7 Å². The largest absolute Gasteiger partial charge is 0.350 e. The molecular formula is C21H24N6O2. The van der Waals surface area contributed by atoms with Crippen LogP contribution in [0.2, 0.25) is 0 Å². The van der Waals surface area contributed by atoms with Crippen LogP contribution < -0.4 is 10.6 Å². The van der Waals surface area contributed by atoms with Gasteiger partial charge in [-0.3, -0.25) is 14.7 Å². The summed E-state index contributed by atoms with van der Waals surface area (Å²) in [4.78, 5) is 31.0. The Labute approximate surface area is 168 Å². The summed E-state index contributed by atoms with van der Waals surface area (Å²) in [6, 6.07) is 5.41. The van der Waals surface area contributed by atoms with Gasteiger partial charge in [-0.1, -0.05) is 0 Å². The Hall–Kier alpha value is -3.13. The van der Waals surface area contributed by atoms with Crippen molar-refractivity contribution >= 4 is 28.4 Å². The predicted octanol–water partition coefficient (Wildman–Crippen LogP) is 2.28. The molecule has 2 aliphatic heterocycles. The van der Waals surface area contributed by atoms with Crippen molar-refractivity contribution in [1.82, 2.24) is 25.4 Å². The monoisotopic (exact) mass is 392 g/mol. The Balaban J connectivity index is 1.34. The average Bonchev–Trinajstić information content (AvgIpc) is 3.51. The molecular weight excluding hydrogens is 368 g/mol. The molecule has 2 aliphatic rings. The molecule has 0 aliphatic carbocycles. The molecule has 150 valence electrons. The number of hydrogen-bond donors (Lipinski definition) is 4. The van der Waals surface area contributed by atoms with Gasteiger partial charge >= 0.3 is 0 Å². The molecule has 2 aromatic heterocycles. The van der Waals surface area contributed by atoms with Gasteiger partial charge in [-0.25, -0.2) is 0 Å². The number of aromatic nitrogens is 3. The van der Waals surface area contributed by atoms with E-state index in [1.165, 1.54) is 0 Å². The Kier molecular flexibility index (Phi) is 4.16. The second-order valence-corrected chi connectivity index (χ2v) is 8.29. The van der Waals surface area contributed by atoms with E-state index in [4.69, 9.17) is 0 Å². The molecule has 2 amide bonds. The van der Waals surface area contributed by atoms with Crippen LogP contribution in [0.25, 0.3) is 10.9 Å². The number of nitrogens with zero attached hydrogens (tertiary/aromatic N) is 2. The van der Waals surface area contributed by atoms with E-state index in [0.717, 1.165) is 55.5 Å². The molecule has 4 N–H and O–H groups in total. The van der Waals surface area contributed by atoms with Crippen LogP contribution in [0.1, 0.15) is 39.3 Å². The van der Waals surface area contributed by atoms with Gasteiger partial charge in [0.1, 0.15) is 5.69 Å². The van der Waals surface area contributed by atoms with Crippen molar-refractivity contribution in [3.8, 4) is 0 Å². The number of hydrogen-bond acceptors (Lipinski definition) is 4. The number of nitrogens with one attached hydrogen (secondary N) is 4. The standard InChI is InChI=1S/C21H24N6O2/c1-13-16-8-14(19(28)25-15-9-23-24-10-15)2-3-17(16)26-18(13)20(29)22-11-21-4-6-27(12-21)7-5-21/h2-3,8-10,26H,4-7,11-12H2,1H3,(H,22,29)(H,23,24)(H,25,28). The highest BCUT2D eigenvalue weighted by Gasteiger charge is 2.43. The van der Waals surface area contributed by atoms with Gasteiger partial charge in [0.05, 0.1) is 11.9 Å². The molecule has 1 aromatic carbocycles. The van der Waals surface area contributed by atoms with E-state index in [1.807, 2.05) is 19.1 Å². The number of H-pyrrole nitrogens is 2. The Morgan fingerprint density at radius 1 is 1.24 bits per heavy atom. The maximum atomic E-state index is 12.8. The molecule has 0 radical (unpaired) electrons. The summed E-state index contributed by atoms with van der Waals surface area (Å²) in [6.07, 6.45) is 5.49. The fourth-order valence-electron chi connectivity index (χ4n) is 4.62. The van der Waals surface area contributed by atoms with Crippen LogP contribution >= 0.6 is 0 Å². The third kappa shape index (κ3) is 3.19. The van der Waals surface area contributed by atoms with Gasteiger partial charge < -0.3 is 20.5 Å². The normalized spacial score (nSPS) is 22.9. The molecule has 0 atom stereocenters. The van der Waals surface area contributed by atoms with Crippen LogP contribution in [0.15, 0.2) is 30.6 Å². The minimum atomic E-state index is -0.217. The zero-order chi connectivity index (χ0) is 20.0. The van der Waals surface area contributed by atoms with Crippen LogP contribution in [-0.4, -0.2) is 58.1 Å². The second kappa shape index (κ2) is 6.73. The molecule has 8 heteroatoms. The number of anilines is 1. The summed E-state index contributed by atoms with van der Waals surface area (Å²) in [5, 5.41) is 13.3. The summed E-state index contributed by atoms with van der Waals surface area (Å²) < 4.78 is 0. The van der Waals surface area contributed by atoms with Crippen molar-refractivity contribution in [2.24, 2.45) is 5.41 Å². The number of fused-ring (bicyclic) bond motifs is 3. The predicted molar refractivity (Wildman–Crippen MR) is 110 cm³/mol. The highest BCUT2D eigenvalue weighted by atomic mass is 16.2. The Morgan fingerprint density at radius 2 is 2.07 bits per heavy atom. The molecule has 2 fully saturated rings. The van der Waals surface area contributed by atoms with Crippen LogP contribution in [0.4, 0.5) is 5.69 Å². The molecule has 3 aromatic rings. The zero-order valence-electron chi connectivity index (χ0n) is 16.3. The number of rotatable bonds is 5. The molecule has 4 heterocycles. The molecule has 5 rings (SSSR count). The van der Waals surface area contributed by atoms with Gasteiger partial charge in [0, 0.05) is 41.2 Å². The summed E-state index contributed by atoms with van der Waals surface area (Å²) in [5.41, 5.74) is 3.65. The molecule has 2 bridgehead atoms. The lowest BCUT2D eigenvalue weighted by Crippen LogP contribution is -2.37. The molecule has 0 unspecified atom stereocenters.